The molecule has 0 fully saturated rings. The molecule has 0 saturated heterocycles. The number of nitrogens with zero attached hydrogens (tertiary/aromatic N) is 2. The van der Waals surface area contributed by atoms with E-state index in [0.29, 0.717) is 13.1 Å². The fraction of sp³-hybridized carbons (Fsp3) is 0.385. The van der Waals surface area contributed by atoms with Gasteiger partial charge in [0.15, 0.2) is 0 Å². The van der Waals surface area contributed by atoms with Gasteiger partial charge in [0.2, 0.25) is 6.08 Å². The van der Waals surface area contributed by atoms with Crippen molar-refractivity contribution in [3.63, 3.8) is 0 Å². The first kappa shape index (κ1) is 16.2. The third-order valence-corrected chi connectivity index (χ3v) is 3.01. The minimum atomic E-state index is -0.339. The van der Waals surface area contributed by atoms with Crippen molar-refractivity contribution >= 4 is 29.3 Å². The van der Waals surface area contributed by atoms with Gasteiger partial charge in [-0.1, -0.05) is 25.4 Å². The molecule has 1 N–H and O–H groups in total. The number of hydrogen-bond donors (Lipinski definition) is 1. The van der Waals surface area contributed by atoms with Crippen molar-refractivity contribution in [2.45, 2.75) is 13.8 Å². The maximum atomic E-state index is 12.2. The normalized spacial score (nSPS) is 10.1. The number of benzene rings is 1. The number of hydrogen-bond acceptors (Lipinski definition) is 5. The van der Waals surface area contributed by atoms with Crippen LogP contribution >= 0.6 is 11.6 Å². The summed E-state index contributed by atoms with van der Waals surface area (Å²) < 4.78 is 5.13. The summed E-state index contributed by atoms with van der Waals surface area (Å²) in [6.45, 7) is 5.20. The van der Waals surface area contributed by atoms with Gasteiger partial charge in [0.05, 0.1) is 23.4 Å². The summed E-state index contributed by atoms with van der Waals surface area (Å²) in [6.07, 6.45) is 1.40. The van der Waals surface area contributed by atoms with Crippen molar-refractivity contribution in [2.75, 3.05) is 20.2 Å². The van der Waals surface area contributed by atoms with Crippen molar-refractivity contribution < 1.29 is 14.3 Å². The minimum Gasteiger partial charge on any atom is -0.496 e. The van der Waals surface area contributed by atoms with Gasteiger partial charge in [0.1, 0.15) is 5.75 Å². The van der Waals surface area contributed by atoms with Crippen LogP contribution in [0, 0.1) is 0 Å². The molecule has 1 rings (SSSR count). The summed E-state index contributed by atoms with van der Waals surface area (Å²) in [5, 5.41) is 1.92. The van der Waals surface area contributed by atoms with E-state index in [2.05, 4.69) is 10.4 Å². The van der Waals surface area contributed by atoms with Crippen molar-refractivity contribution in [1.29, 1.82) is 0 Å². The average Bonchev–Trinajstić information content (AvgIpc) is 2.46. The Balaban J connectivity index is 3.14. The molecule has 0 aliphatic carbocycles. The van der Waals surface area contributed by atoms with E-state index in [1.54, 1.807) is 5.01 Å². The third kappa shape index (κ3) is 3.81. The van der Waals surface area contributed by atoms with Crippen LogP contribution in [0.2, 0.25) is 5.02 Å². The Hall–Kier alpha value is -1.88. The summed E-state index contributed by atoms with van der Waals surface area (Å²) in [5.41, 5.74) is 3.21. The Kier molecular flexibility index (Phi) is 6.18. The van der Waals surface area contributed by atoms with E-state index in [0.717, 1.165) is 0 Å². The summed E-state index contributed by atoms with van der Waals surface area (Å²) >= 11 is 5.96. The molecule has 0 radical (unpaired) electrons. The molecule has 0 saturated carbocycles. The number of ether oxygens (including phenoxy) is 1. The van der Waals surface area contributed by atoms with Gasteiger partial charge in [-0.3, -0.25) is 10.2 Å². The van der Waals surface area contributed by atoms with Crippen LogP contribution in [0.5, 0.6) is 5.75 Å². The predicted molar refractivity (Wildman–Crippen MR) is 76.2 cm³/mol. The fourth-order valence-electron chi connectivity index (χ4n) is 1.61. The van der Waals surface area contributed by atoms with Crippen molar-refractivity contribution in [2.24, 2.45) is 4.99 Å². The first-order valence-electron chi connectivity index (χ1n) is 6.08. The molecule has 20 heavy (non-hydrogen) atoms. The molecular formula is C13H16ClN3O3. The van der Waals surface area contributed by atoms with Gasteiger partial charge in [-0.15, -0.1) is 0 Å². The van der Waals surface area contributed by atoms with Gasteiger partial charge in [-0.25, -0.2) is 9.80 Å². The molecule has 0 aliphatic heterocycles. The van der Waals surface area contributed by atoms with Gasteiger partial charge in [-0.2, -0.15) is 4.99 Å². The average molecular weight is 298 g/mol. The number of hydrazine groups is 1. The van der Waals surface area contributed by atoms with E-state index in [1.807, 2.05) is 13.8 Å². The molecule has 0 unspecified atom stereocenters. The zero-order valence-corrected chi connectivity index (χ0v) is 12.3. The van der Waals surface area contributed by atoms with E-state index >= 15 is 0 Å². The van der Waals surface area contributed by atoms with Crippen molar-refractivity contribution in [3.05, 3.63) is 22.7 Å². The van der Waals surface area contributed by atoms with Crippen LogP contribution < -0.4 is 10.2 Å². The number of nitrogens with one attached hydrogen (secondary N) is 1. The quantitative estimate of drug-likeness (QED) is 0.497. The van der Waals surface area contributed by atoms with Gasteiger partial charge in [0, 0.05) is 19.2 Å². The van der Waals surface area contributed by atoms with Crippen LogP contribution in [0.1, 0.15) is 24.2 Å². The van der Waals surface area contributed by atoms with Crippen LogP contribution in [0.25, 0.3) is 0 Å². The minimum absolute atomic E-state index is 0.179. The number of rotatable bonds is 6. The molecule has 1 aromatic carbocycles. The second-order valence-electron chi connectivity index (χ2n) is 3.82. The lowest BCUT2D eigenvalue weighted by Gasteiger charge is -2.20. The first-order chi connectivity index (χ1) is 9.57. The largest absolute Gasteiger partial charge is 0.496 e. The van der Waals surface area contributed by atoms with E-state index in [-0.39, 0.29) is 27.9 Å². The number of carbonyl (C=O) groups excluding carboxylic acids is 2. The molecule has 0 spiro atoms. The van der Waals surface area contributed by atoms with Crippen LogP contribution in [-0.4, -0.2) is 37.2 Å². The molecular weight excluding hydrogens is 282 g/mol. The Labute approximate surface area is 122 Å². The first-order valence-corrected chi connectivity index (χ1v) is 6.46. The smallest absolute Gasteiger partial charge is 0.269 e. The predicted octanol–water partition coefficient (Wildman–Crippen LogP) is 2.30. The topological polar surface area (TPSA) is 71.0 Å². The maximum Gasteiger partial charge on any atom is 0.269 e. The summed E-state index contributed by atoms with van der Waals surface area (Å²) in [4.78, 5) is 25.9. The second kappa shape index (κ2) is 7.65. The van der Waals surface area contributed by atoms with Crippen molar-refractivity contribution in [1.82, 2.24) is 10.4 Å². The molecule has 7 heteroatoms. The zero-order valence-electron chi connectivity index (χ0n) is 11.6. The molecule has 0 atom stereocenters. The second-order valence-corrected chi connectivity index (χ2v) is 4.23. The summed E-state index contributed by atoms with van der Waals surface area (Å²) in [6, 6.07) is 2.83. The summed E-state index contributed by atoms with van der Waals surface area (Å²) in [7, 11) is 1.42. The highest BCUT2D eigenvalue weighted by molar-refractivity contribution is 6.33. The highest BCUT2D eigenvalue weighted by atomic mass is 35.5. The van der Waals surface area contributed by atoms with E-state index in [9.17, 15) is 9.59 Å². The van der Waals surface area contributed by atoms with Gasteiger partial charge < -0.3 is 4.74 Å². The van der Waals surface area contributed by atoms with Crippen molar-refractivity contribution in [3.8, 4) is 5.75 Å². The Morgan fingerprint density at radius 3 is 2.60 bits per heavy atom. The molecule has 0 heterocycles. The SMILES string of the molecule is CCN(CC)NC(=O)c1cc(Cl)c(N=C=O)cc1OC. The van der Waals surface area contributed by atoms with Gasteiger partial charge in [-0.05, 0) is 6.07 Å². The standard InChI is InChI=1S/C13H16ClN3O3/c1-4-17(5-2)16-13(19)9-6-10(14)11(15-8-18)7-12(9)20-3/h6-7H,4-5H2,1-3H3,(H,16,19). The molecule has 108 valence electrons. The van der Waals surface area contributed by atoms with E-state index < -0.39 is 0 Å². The van der Waals surface area contributed by atoms with Crippen LogP contribution in [0.4, 0.5) is 5.69 Å². The highest BCUT2D eigenvalue weighted by Gasteiger charge is 2.17. The van der Waals surface area contributed by atoms with E-state index in [4.69, 9.17) is 16.3 Å². The number of aliphatic imine (C=N–C) groups is 1. The number of carbonyl (C=O) groups is 1. The summed E-state index contributed by atoms with van der Waals surface area (Å²) in [5.74, 6) is -0.0536. The zero-order chi connectivity index (χ0) is 15.1. The molecule has 1 aromatic rings. The molecule has 0 aliphatic rings. The van der Waals surface area contributed by atoms with Gasteiger partial charge in [0.25, 0.3) is 5.91 Å². The number of isocyanates is 1. The highest BCUT2D eigenvalue weighted by Crippen LogP contribution is 2.32. The number of halogens is 1. The number of methoxy groups -OCH3 is 1. The molecule has 6 nitrogen and oxygen atoms in total. The van der Waals surface area contributed by atoms with Crippen LogP contribution in [0.3, 0.4) is 0 Å². The lowest BCUT2D eigenvalue weighted by molar-refractivity contribution is 0.0802. The fourth-order valence-corrected chi connectivity index (χ4v) is 1.82. The molecule has 1 amide bonds. The Bertz CT molecular complexity index is 538. The number of amides is 1. The molecule has 0 bridgehead atoms. The lowest BCUT2D eigenvalue weighted by atomic mass is 10.1. The van der Waals surface area contributed by atoms with Crippen LogP contribution in [-0.2, 0) is 4.79 Å². The monoisotopic (exact) mass is 297 g/mol. The van der Waals surface area contributed by atoms with E-state index in [1.165, 1.54) is 25.3 Å². The van der Waals surface area contributed by atoms with Crippen LogP contribution in [0.15, 0.2) is 17.1 Å². The molecule has 0 aromatic heterocycles. The Morgan fingerprint density at radius 1 is 1.45 bits per heavy atom. The maximum absolute atomic E-state index is 12.2. The third-order valence-electron chi connectivity index (χ3n) is 2.70. The lowest BCUT2D eigenvalue weighted by Crippen LogP contribution is -2.41. The Morgan fingerprint density at radius 2 is 2.10 bits per heavy atom. The van der Waals surface area contributed by atoms with Gasteiger partial charge >= 0.3 is 0 Å².